The van der Waals surface area contributed by atoms with E-state index in [1.807, 2.05) is 7.05 Å². The van der Waals surface area contributed by atoms with Crippen molar-refractivity contribution in [2.45, 2.75) is 32.2 Å². The summed E-state index contributed by atoms with van der Waals surface area (Å²) in [5, 5.41) is 6.36. The number of aromatic nitrogens is 2. The Hall–Kier alpha value is -0.880. The summed E-state index contributed by atoms with van der Waals surface area (Å²) in [6.07, 6.45) is 5.79. The molecule has 1 aromatic heterocycles. The summed E-state index contributed by atoms with van der Waals surface area (Å²) in [6.45, 7) is 5.61. The van der Waals surface area contributed by atoms with E-state index in [9.17, 15) is 0 Å². The summed E-state index contributed by atoms with van der Waals surface area (Å²) in [5.74, 6) is 1.49. The van der Waals surface area contributed by atoms with Gasteiger partial charge in [-0.3, -0.25) is 4.90 Å². The van der Waals surface area contributed by atoms with Gasteiger partial charge in [0.15, 0.2) is 0 Å². The minimum absolute atomic E-state index is 0.528. The zero-order valence-electron chi connectivity index (χ0n) is 11.6. The number of nitrogens with one attached hydrogen (secondary N) is 2. The molecule has 1 fully saturated rings. The molecular weight excluding hydrogens is 306 g/mol. The molecule has 0 amide bonds. The van der Waals surface area contributed by atoms with E-state index in [2.05, 4.69) is 48.4 Å². The maximum absolute atomic E-state index is 4.41. The van der Waals surface area contributed by atoms with Gasteiger partial charge in [0.05, 0.1) is 4.47 Å². The molecule has 2 rings (SSSR count). The molecule has 1 aliphatic rings. The molecule has 1 atom stereocenters. The number of rotatable bonds is 5. The van der Waals surface area contributed by atoms with Crippen LogP contribution >= 0.6 is 15.9 Å². The Kier molecular flexibility index (Phi) is 5.39. The smallest absolute Gasteiger partial charge is 0.224 e. The van der Waals surface area contributed by atoms with Crippen molar-refractivity contribution in [2.75, 3.05) is 37.3 Å². The highest BCUT2D eigenvalue weighted by Gasteiger charge is 2.16. The fourth-order valence-corrected chi connectivity index (χ4v) is 2.68. The van der Waals surface area contributed by atoms with E-state index >= 15 is 0 Å². The zero-order chi connectivity index (χ0) is 13.7. The molecule has 0 aromatic carbocycles. The first-order valence-corrected chi connectivity index (χ1v) is 7.68. The highest BCUT2D eigenvalue weighted by molar-refractivity contribution is 9.10. The second kappa shape index (κ2) is 7.05. The molecule has 0 bridgehead atoms. The van der Waals surface area contributed by atoms with Gasteiger partial charge in [0, 0.05) is 25.8 Å². The fourth-order valence-electron chi connectivity index (χ4n) is 2.34. The van der Waals surface area contributed by atoms with Gasteiger partial charge >= 0.3 is 0 Å². The molecule has 2 N–H and O–H groups in total. The number of hydrogen-bond donors (Lipinski definition) is 2. The summed E-state index contributed by atoms with van der Waals surface area (Å²) in [7, 11) is 1.82. The maximum atomic E-state index is 4.41. The van der Waals surface area contributed by atoms with Crippen molar-refractivity contribution < 1.29 is 0 Å². The molecule has 1 aromatic rings. The minimum Gasteiger partial charge on any atom is -0.367 e. The topological polar surface area (TPSA) is 53.1 Å². The van der Waals surface area contributed by atoms with Gasteiger partial charge in [-0.25, -0.2) is 4.98 Å². The van der Waals surface area contributed by atoms with Gasteiger partial charge < -0.3 is 10.6 Å². The van der Waals surface area contributed by atoms with Crippen LogP contribution in [0, 0.1) is 0 Å². The molecule has 1 saturated heterocycles. The van der Waals surface area contributed by atoms with E-state index in [0.717, 1.165) is 16.8 Å². The van der Waals surface area contributed by atoms with Crippen LogP contribution < -0.4 is 10.6 Å². The van der Waals surface area contributed by atoms with Gasteiger partial charge in [-0.1, -0.05) is 6.42 Å². The van der Waals surface area contributed by atoms with Crippen molar-refractivity contribution in [3.63, 3.8) is 0 Å². The van der Waals surface area contributed by atoms with Crippen LogP contribution in [0.15, 0.2) is 10.7 Å². The molecule has 6 heteroatoms. The lowest BCUT2D eigenvalue weighted by Crippen LogP contribution is -2.41. The fraction of sp³-hybridized carbons (Fsp3) is 0.692. The lowest BCUT2D eigenvalue weighted by atomic mass is 10.1. The Bertz CT molecular complexity index is 406. The van der Waals surface area contributed by atoms with E-state index < -0.39 is 0 Å². The monoisotopic (exact) mass is 327 g/mol. The molecule has 1 aliphatic heterocycles. The molecule has 106 valence electrons. The van der Waals surface area contributed by atoms with Crippen LogP contribution in [0.5, 0.6) is 0 Å². The van der Waals surface area contributed by atoms with Gasteiger partial charge in [0.25, 0.3) is 0 Å². The van der Waals surface area contributed by atoms with Crippen molar-refractivity contribution in [3.8, 4) is 0 Å². The maximum Gasteiger partial charge on any atom is 0.224 e. The summed E-state index contributed by atoms with van der Waals surface area (Å²) >= 11 is 3.48. The molecule has 0 saturated carbocycles. The first-order chi connectivity index (χ1) is 9.20. The predicted molar refractivity (Wildman–Crippen MR) is 82.7 cm³/mol. The van der Waals surface area contributed by atoms with Crippen LogP contribution in [-0.4, -0.2) is 47.6 Å². The van der Waals surface area contributed by atoms with Gasteiger partial charge in [-0.05, 0) is 48.8 Å². The Labute approximate surface area is 123 Å². The second-order valence-electron chi connectivity index (χ2n) is 4.97. The van der Waals surface area contributed by atoms with E-state index in [1.165, 1.54) is 32.4 Å². The quantitative estimate of drug-likeness (QED) is 0.870. The average molecular weight is 328 g/mol. The zero-order valence-corrected chi connectivity index (χ0v) is 13.2. The third-order valence-corrected chi connectivity index (χ3v) is 4.13. The first kappa shape index (κ1) is 14.5. The van der Waals surface area contributed by atoms with E-state index in [4.69, 9.17) is 0 Å². The summed E-state index contributed by atoms with van der Waals surface area (Å²) in [5.41, 5.74) is 0. The number of nitrogens with zero attached hydrogens (tertiary/aromatic N) is 3. The SMILES string of the molecule is CNc1ncc(Br)c(NCC(C)N2CCCCC2)n1. The molecular formula is C13H22BrN5. The Morgan fingerprint density at radius 3 is 2.79 bits per heavy atom. The predicted octanol–water partition coefficient (Wildman–Crippen LogP) is 2.57. The molecule has 5 nitrogen and oxygen atoms in total. The van der Waals surface area contributed by atoms with E-state index in [0.29, 0.717) is 12.0 Å². The molecule has 2 heterocycles. The summed E-state index contributed by atoms with van der Waals surface area (Å²) in [4.78, 5) is 11.1. The third kappa shape index (κ3) is 4.04. The highest BCUT2D eigenvalue weighted by Crippen LogP contribution is 2.20. The average Bonchev–Trinajstić information content (AvgIpc) is 2.47. The second-order valence-corrected chi connectivity index (χ2v) is 5.82. The van der Waals surface area contributed by atoms with Crippen LogP contribution in [0.4, 0.5) is 11.8 Å². The molecule has 0 spiro atoms. The van der Waals surface area contributed by atoms with E-state index in [1.54, 1.807) is 6.20 Å². The van der Waals surface area contributed by atoms with Crippen molar-refractivity contribution >= 4 is 27.7 Å². The number of hydrogen-bond acceptors (Lipinski definition) is 5. The standard InChI is InChI=1S/C13H22BrN5/c1-10(19-6-4-3-5-7-19)8-16-12-11(14)9-17-13(15-2)18-12/h9-10H,3-8H2,1-2H3,(H2,15,16,17,18). The van der Waals surface area contributed by atoms with Crippen LogP contribution in [0.25, 0.3) is 0 Å². The van der Waals surface area contributed by atoms with Crippen LogP contribution in [0.3, 0.4) is 0 Å². The number of likely N-dealkylation sites (tertiary alicyclic amines) is 1. The molecule has 0 radical (unpaired) electrons. The van der Waals surface area contributed by atoms with Crippen molar-refractivity contribution in [1.29, 1.82) is 0 Å². The van der Waals surface area contributed by atoms with Crippen LogP contribution in [0.1, 0.15) is 26.2 Å². The van der Waals surface area contributed by atoms with E-state index in [-0.39, 0.29) is 0 Å². The highest BCUT2D eigenvalue weighted by atomic mass is 79.9. The Balaban J connectivity index is 1.90. The Morgan fingerprint density at radius 2 is 2.11 bits per heavy atom. The van der Waals surface area contributed by atoms with Crippen molar-refractivity contribution in [2.24, 2.45) is 0 Å². The van der Waals surface area contributed by atoms with Crippen LogP contribution in [-0.2, 0) is 0 Å². The number of halogens is 1. The number of piperidine rings is 1. The molecule has 19 heavy (non-hydrogen) atoms. The largest absolute Gasteiger partial charge is 0.367 e. The third-order valence-electron chi connectivity index (χ3n) is 3.55. The van der Waals surface area contributed by atoms with Gasteiger partial charge in [0.1, 0.15) is 5.82 Å². The molecule has 1 unspecified atom stereocenters. The normalized spacial score (nSPS) is 18.1. The minimum atomic E-state index is 0.528. The lowest BCUT2D eigenvalue weighted by Gasteiger charge is -2.32. The number of anilines is 2. The van der Waals surface area contributed by atoms with Crippen molar-refractivity contribution in [1.82, 2.24) is 14.9 Å². The molecule has 0 aliphatic carbocycles. The van der Waals surface area contributed by atoms with Crippen molar-refractivity contribution in [3.05, 3.63) is 10.7 Å². The summed E-state index contributed by atoms with van der Waals surface area (Å²) in [6, 6.07) is 0.528. The Morgan fingerprint density at radius 1 is 1.37 bits per heavy atom. The van der Waals surface area contributed by atoms with Gasteiger partial charge in [0.2, 0.25) is 5.95 Å². The van der Waals surface area contributed by atoms with Crippen LogP contribution in [0.2, 0.25) is 0 Å². The first-order valence-electron chi connectivity index (χ1n) is 6.89. The summed E-state index contributed by atoms with van der Waals surface area (Å²) < 4.78 is 0.900. The van der Waals surface area contributed by atoms with Gasteiger partial charge in [-0.15, -0.1) is 0 Å². The van der Waals surface area contributed by atoms with Gasteiger partial charge in [-0.2, -0.15) is 4.98 Å². The lowest BCUT2D eigenvalue weighted by molar-refractivity contribution is 0.180.